The molecule has 0 bridgehead atoms. The molecule has 0 fully saturated rings. The maximum absolute atomic E-state index is 11.5. The van der Waals surface area contributed by atoms with Crippen LogP contribution in [0.25, 0.3) is 33.5 Å². The van der Waals surface area contributed by atoms with Crippen molar-refractivity contribution in [3.05, 3.63) is 40.1 Å². The molecule has 0 saturated heterocycles. The minimum atomic E-state index is -0.592. The van der Waals surface area contributed by atoms with Crippen LogP contribution in [0.4, 0.5) is 0 Å². The summed E-state index contributed by atoms with van der Waals surface area (Å²) in [6.45, 7) is 0.0927. The molecule has 0 aliphatic heterocycles. The lowest BCUT2D eigenvalue weighted by molar-refractivity contribution is 0.556. The zero-order valence-corrected chi connectivity index (χ0v) is 12.2. The minimum absolute atomic E-state index is 0.0927. The van der Waals surface area contributed by atoms with Crippen LogP contribution in [0.15, 0.2) is 33.7 Å². The first kappa shape index (κ1) is 13.5. The summed E-state index contributed by atoms with van der Waals surface area (Å²) in [5, 5.41) is 13.2. The van der Waals surface area contributed by atoms with Crippen LogP contribution in [0, 0.1) is 11.3 Å². The number of aromatic amines is 1. The Morgan fingerprint density at radius 1 is 1.39 bits per heavy atom. The first-order chi connectivity index (χ1) is 11.2. The molecule has 0 amide bonds. The molecule has 0 saturated carbocycles. The highest BCUT2D eigenvalue weighted by atomic mass is 35.5. The lowest BCUT2D eigenvalue weighted by Gasteiger charge is -2.02. The highest BCUT2D eigenvalue weighted by Gasteiger charge is 2.15. The van der Waals surface area contributed by atoms with Crippen molar-refractivity contribution in [2.45, 2.75) is 6.54 Å². The number of hydrogen-bond acceptors (Lipinski definition) is 6. The van der Waals surface area contributed by atoms with Crippen LogP contribution in [0.3, 0.4) is 0 Å². The van der Waals surface area contributed by atoms with Gasteiger partial charge < -0.3 is 4.42 Å². The van der Waals surface area contributed by atoms with E-state index in [2.05, 4.69) is 20.1 Å². The predicted octanol–water partition coefficient (Wildman–Crippen LogP) is 2.10. The fraction of sp³-hybridized carbons (Fsp3) is 0.0714. The molecule has 8 nitrogen and oxygen atoms in total. The van der Waals surface area contributed by atoms with E-state index in [1.807, 2.05) is 6.07 Å². The third-order valence-electron chi connectivity index (χ3n) is 3.37. The molecule has 1 N–H and O–H groups in total. The van der Waals surface area contributed by atoms with E-state index in [9.17, 15) is 4.79 Å². The average Bonchev–Trinajstić information content (AvgIpc) is 3.12. The summed E-state index contributed by atoms with van der Waals surface area (Å²) < 4.78 is 6.62. The fourth-order valence-corrected chi connectivity index (χ4v) is 2.57. The van der Waals surface area contributed by atoms with Crippen molar-refractivity contribution >= 4 is 33.9 Å². The number of benzene rings is 1. The maximum Gasteiger partial charge on any atom is 0.417 e. The van der Waals surface area contributed by atoms with Gasteiger partial charge in [0, 0.05) is 5.56 Å². The number of oxazole rings is 1. The summed E-state index contributed by atoms with van der Waals surface area (Å²) in [4.78, 5) is 22.8. The first-order valence-corrected chi connectivity index (χ1v) is 6.92. The Hall–Kier alpha value is -3.18. The average molecular weight is 327 g/mol. The number of aromatic nitrogens is 5. The van der Waals surface area contributed by atoms with Gasteiger partial charge in [0.25, 0.3) is 0 Å². The molecule has 112 valence electrons. The monoisotopic (exact) mass is 326 g/mol. The van der Waals surface area contributed by atoms with Crippen LogP contribution < -0.4 is 5.76 Å². The predicted molar refractivity (Wildman–Crippen MR) is 81.8 cm³/mol. The van der Waals surface area contributed by atoms with E-state index in [1.165, 1.54) is 17.1 Å². The van der Waals surface area contributed by atoms with Crippen molar-refractivity contribution < 1.29 is 4.42 Å². The largest absolute Gasteiger partial charge is 0.417 e. The molecule has 1 aromatic carbocycles. The van der Waals surface area contributed by atoms with E-state index in [-0.39, 0.29) is 6.54 Å². The minimum Gasteiger partial charge on any atom is -0.407 e. The van der Waals surface area contributed by atoms with E-state index >= 15 is 0 Å². The standard InChI is InChI=1S/C14H7ClN6O2/c15-8-2-1-7(12-11(8)20-14(22)23-12)9-5-17-13-10(19-9)6-18-21(13)4-3-16/h1-2,5-6H,4H2,(H,20,22). The van der Waals surface area contributed by atoms with Crippen molar-refractivity contribution in [3.8, 4) is 17.3 Å². The Bertz CT molecular complexity index is 1150. The summed E-state index contributed by atoms with van der Waals surface area (Å²) in [6.07, 6.45) is 3.07. The van der Waals surface area contributed by atoms with E-state index < -0.39 is 5.76 Å². The van der Waals surface area contributed by atoms with Crippen LogP contribution in [0.2, 0.25) is 5.02 Å². The molecular formula is C14H7ClN6O2. The van der Waals surface area contributed by atoms with Gasteiger partial charge in [-0.3, -0.25) is 4.98 Å². The fourth-order valence-electron chi connectivity index (χ4n) is 2.38. The van der Waals surface area contributed by atoms with Crippen LogP contribution in [0.5, 0.6) is 0 Å². The normalized spacial score (nSPS) is 11.1. The number of nitriles is 1. The first-order valence-electron chi connectivity index (χ1n) is 6.54. The number of H-pyrrole nitrogens is 1. The van der Waals surface area contributed by atoms with Gasteiger partial charge in [0.2, 0.25) is 0 Å². The Labute approximate surface area is 132 Å². The number of nitrogens with one attached hydrogen (secondary N) is 1. The Morgan fingerprint density at radius 3 is 3.09 bits per heavy atom. The van der Waals surface area contributed by atoms with Crippen molar-refractivity contribution in [1.29, 1.82) is 5.26 Å². The van der Waals surface area contributed by atoms with Crippen LogP contribution in [0.1, 0.15) is 0 Å². The SMILES string of the molecule is N#CCn1ncc2nc(-c3ccc(Cl)c4[nH]c(=O)oc34)cnc21. The van der Waals surface area contributed by atoms with Gasteiger partial charge in [-0.25, -0.2) is 19.4 Å². The second-order valence-corrected chi connectivity index (χ2v) is 5.15. The number of rotatable bonds is 2. The summed E-state index contributed by atoms with van der Waals surface area (Å²) in [5.74, 6) is -0.592. The molecule has 3 heterocycles. The Morgan fingerprint density at radius 2 is 2.26 bits per heavy atom. The lowest BCUT2D eigenvalue weighted by atomic mass is 10.1. The maximum atomic E-state index is 11.5. The van der Waals surface area contributed by atoms with Gasteiger partial charge in [0.1, 0.15) is 17.6 Å². The third-order valence-corrected chi connectivity index (χ3v) is 3.68. The summed E-state index contributed by atoms with van der Waals surface area (Å²) in [6, 6.07) is 5.36. The lowest BCUT2D eigenvalue weighted by Crippen LogP contribution is -1.99. The molecule has 9 heteroatoms. The molecule has 0 spiro atoms. The van der Waals surface area contributed by atoms with Crippen molar-refractivity contribution in [2.75, 3.05) is 0 Å². The van der Waals surface area contributed by atoms with Gasteiger partial charge in [-0.15, -0.1) is 0 Å². The molecule has 3 aromatic heterocycles. The second-order valence-electron chi connectivity index (χ2n) is 4.74. The van der Waals surface area contributed by atoms with E-state index in [1.54, 1.807) is 12.1 Å². The summed E-state index contributed by atoms with van der Waals surface area (Å²) >= 11 is 6.05. The Balaban J connectivity index is 1.94. The highest BCUT2D eigenvalue weighted by Crippen LogP contribution is 2.30. The van der Waals surface area contributed by atoms with Crippen molar-refractivity contribution in [1.82, 2.24) is 24.7 Å². The van der Waals surface area contributed by atoms with Gasteiger partial charge in [-0.05, 0) is 12.1 Å². The Kier molecular flexibility index (Phi) is 2.89. The zero-order valence-electron chi connectivity index (χ0n) is 11.4. The highest BCUT2D eigenvalue weighted by molar-refractivity contribution is 6.35. The topological polar surface area (TPSA) is 113 Å². The smallest absolute Gasteiger partial charge is 0.407 e. The van der Waals surface area contributed by atoms with Crippen LogP contribution >= 0.6 is 11.6 Å². The zero-order chi connectivity index (χ0) is 16.0. The molecule has 0 unspecified atom stereocenters. The van der Waals surface area contributed by atoms with E-state index in [4.69, 9.17) is 21.3 Å². The number of nitrogens with zero attached hydrogens (tertiary/aromatic N) is 5. The third kappa shape index (κ3) is 2.06. The number of fused-ring (bicyclic) bond motifs is 2. The molecule has 23 heavy (non-hydrogen) atoms. The van der Waals surface area contributed by atoms with Gasteiger partial charge in [0.15, 0.2) is 11.2 Å². The van der Waals surface area contributed by atoms with Crippen LogP contribution in [-0.2, 0) is 6.54 Å². The van der Waals surface area contributed by atoms with Crippen LogP contribution in [-0.4, -0.2) is 24.7 Å². The summed E-state index contributed by atoms with van der Waals surface area (Å²) in [7, 11) is 0. The quantitative estimate of drug-likeness (QED) is 0.603. The van der Waals surface area contributed by atoms with Gasteiger partial charge >= 0.3 is 5.76 Å². The molecule has 0 aliphatic carbocycles. The molecule has 0 radical (unpaired) electrons. The molecule has 0 atom stereocenters. The summed E-state index contributed by atoms with van der Waals surface area (Å²) in [5.41, 5.74) is 2.88. The number of hydrogen-bond donors (Lipinski definition) is 1. The molecule has 4 rings (SSSR count). The van der Waals surface area contributed by atoms with E-state index in [0.717, 1.165) is 0 Å². The van der Waals surface area contributed by atoms with Gasteiger partial charge in [0.05, 0.1) is 29.2 Å². The second kappa shape index (κ2) is 4.93. The van der Waals surface area contributed by atoms with E-state index in [0.29, 0.717) is 38.5 Å². The van der Waals surface area contributed by atoms with Gasteiger partial charge in [-0.2, -0.15) is 10.4 Å². The molecule has 4 aromatic rings. The van der Waals surface area contributed by atoms with Crippen molar-refractivity contribution in [3.63, 3.8) is 0 Å². The number of halogens is 1. The van der Waals surface area contributed by atoms with Crippen molar-refractivity contribution in [2.24, 2.45) is 0 Å². The van der Waals surface area contributed by atoms with Gasteiger partial charge in [-0.1, -0.05) is 11.6 Å². The molecule has 0 aliphatic rings. The molecular weight excluding hydrogens is 320 g/mol.